The lowest BCUT2D eigenvalue weighted by Crippen LogP contribution is -2.20. The molecule has 0 amide bonds. The minimum absolute atomic E-state index is 0.107. The molecule has 3 aromatic rings. The first-order valence-corrected chi connectivity index (χ1v) is 10.8. The van der Waals surface area contributed by atoms with Gasteiger partial charge in [0, 0.05) is 18.7 Å². The average molecular weight is 450 g/mol. The Balaban J connectivity index is 1.70. The predicted molar refractivity (Wildman–Crippen MR) is 113 cm³/mol. The van der Waals surface area contributed by atoms with Gasteiger partial charge in [-0.2, -0.15) is 4.98 Å². The third kappa shape index (κ3) is 6.28. The summed E-state index contributed by atoms with van der Waals surface area (Å²) in [5.74, 6) is 1.56. The Morgan fingerprint density at radius 1 is 1.03 bits per heavy atom. The van der Waals surface area contributed by atoms with Gasteiger partial charge in [-0.25, -0.2) is 23.1 Å². The van der Waals surface area contributed by atoms with E-state index in [-0.39, 0.29) is 5.75 Å². The zero-order valence-electron chi connectivity index (χ0n) is 16.3. The van der Waals surface area contributed by atoms with E-state index in [2.05, 4.69) is 25.0 Å². The van der Waals surface area contributed by atoms with Crippen molar-refractivity contribution >= 4 is 27.6 Å². The molecule has 0 bridgehead atoms. The molecule has 0 aliphatic rings. The molecule has 0 fully saturated rings. The summed E-state index contributed by atoms with van der Waals surface area (Å²) in [5, 5.41) is 3.54. The Bertz CT molecular complexity index is 1090. The monoisotopic (exact) mass is 449 g/mol. The van der Waals surface area contributed by atoms with Gasteiger partial charge in [0.1, 0.15) is 5.75 Å². The van der Waals surface area contributed by atoms with Crippen molar-refractivity contribution < 1.29 is 17.9 Å². The van der Waals surface area contributed by atoms with E-state index in [0.717, 1.165) is 5.56 Å². The molecule has 158 valence electrons. The van der Waals surface area contributed by atoms with Crippen LogP contribution >= 0.6 is 11.6 Å². The second kappa shape index (κ2) is 9.70. The third-order valence-corrected chi connectivity index (χ3v) is 5.46. The predicted octanol–water partition coefficient (Wildman–Crippen LogP) is 2.99. The molecule has 0 saturated heterocycles. The summed E-state index contributed by atoms with van der Waals surface area (Å²) in [4.78, 5) is 12.5. The summed E-state index contributed by atoms with van der Waals surface area (Å²) in [7, 11) is -0.437. The van der Waals surface area contributed by atoms with Crippen LogP contribution in [0.3, 0.4) is 0 Å². The normalized spacial score (nSPS) is 11.2. The van der Waals surface area contributed by atoms with Crippen molar-refractivity contribution in [3.63, 3.8) is 0 Å². The van der Waals surface area contributed by atoms with Gasteiger partial charge < -0.3 is 14.8 Å². The third-order valence-electron chi connectivity index (χ3n) is 3.93. The maximum Gasteiger partial charge on any atom is 0.222 e. The maximum atomic E-state index is 11.6. The second-order valence-electron chi connectivity index (χ2n) is 6.14. The smallest absolute Gasteiger partial charge is 0.222 e. The first kappa shape index (κ1) is 21.8. The van der Waals surface area contributed by atoms with E-state index in [4.69, 9.17) is 21.1 Å². The molecule has 2 aromatic heterocycles. The van der Waals surface area contributed by atoms with Crippen LogP contribution in [-0.4, -0.2) is 37.5 Å². The fourth-order valence-electron chi connectivity index (χ4n) is 2.44. The Kier molecular flexibility index (Phi) is 7.03. The van der Waals surface area contributed by atoms with Gasteiger partial charge in [-0.15, -0.1) is 0 Å². The minimum Gasteiger partial charge on any atom is -0.481 e. The Morgan fingerprint density at radius 2 is 1.70 bits per heavy atom. The molecule has 1 aromatic carbocycles. The van der Waals surface area contributed by atoms with Gasteiger partial charge in [0.2, 0.25) is 27.7 Å². The van der Waals surface area contributed by atoms with Crippen molar-refractivity contribution in [3.05, 3.63) is 64.9 Å². The molecule has 0 radical (unpaired) electrons. The number of nitrogens with zero attached hydrogens (tertiary/aromatic N) is 3. The standard InChI is InChI=1S/C19H20ClN5O4S/c1-21-30(26,27)12-13-3-5-16(6-4-13)29-18-8-14(7-17(25-18)28-2)9-22-19-23-10-15(20)11-24-19/h3-8,10-11,21H,9,12H2,1-2H3,(H,22,23,24). The van der Waals surface area contributed by atoms with E-state index in [1.54, 1.807) is 36.4 Å². The highest BCUT2D eigenvalue weighted by atomic mass is 35.5. The summed E-state index contributed by atoms with van der Waals surface area (Å²) in [6, 6.07) is 10.3. The van der Waals surface area contributed by atoms with Gasteiger partial charge >= 0.3 is 0 Å². The number of aromatic nitrogens is 3. The van der Waals surface area contributed by atoms with E-state index < -0.39 is 10.0 Å². The van der Waals surface area contributed by atoms with Gasteiger partial charge in [0.15, 0.2) is 0 Å². The van der Waals surface area contributed by atoms with E-state index >= 15 is 0 Å². The van der Waals surface area contributed by atoms with E-state index in [1.807, 2.05) is 0 Å². The van der Waals surface area contributed by atoms with Gasteiger partial charge in [-0.1, -0.05) is 23.7 Å². The van der Waals surface area contributed by atoms with Crippen molar-refractivity contribution in [2.45, 2.75) is 12.3 Å². The molecule has 9 nitrogen and oxygen atoms in total. The molecule has 0 unspecified atom stereocenters. The second-order valence-corrected chi connectivity index (χ2v) is 8.51. The molecular formula is C19H20ClN5O4S. The van der Waals surface area contributed by atoms with Crippen LogP contribution in [0, 0.1) is 0 Å². The van der Waals surface area contributed by atoms with Gasteiger partial charge in [0.05, 0.1) is 30.3 Å². The zero-order chi connectivity index (χ0) is 21.6. The van der Waals surface area contributed by atoms with Crippen molar-refractivity contribution in [3.8, 4) is 17.5 Å². The van der Waals surface area contributed by atoms with Crippen LogP contribution < -0.4 is 19.5 Å². The number of nitrogens with one attached hydrogen (secondary N) is 2. The summed E-state index contributed by atoms with van der Waals surface area (Å²) in [6.45, 7) is 0.414. The van der Waals surface area contributed by atoms with Crippen molar-refractivity contribution in [1.29, 1.82) is 0 Å². The quantitative estimate of drug-likeness (QED) is 0.512. The minimum atomic E-state index is -3.33. The summed E-state index contributed by atoms with van der Waals surface area (Å²) < 4.78 is 36.6. The summed E-state index contributed by atoms with van der Waals surface area (Å²) in [5.41, 5.74) is 1.48. The number of hydrogen-bond donors (Lipinski definition) is 2. The van der Waals surface area contributed by atoms with Crippen LogP contribution in [0.4, 0.5) is 5.95 Å². The van der Waals surface area contributed by atoms with E-state index in [9.17, 15) is 8.42 Å². The number of hydrogen-bond acceptors (Lipinski definition) is 8. The largest absolute Gasteiger partial charge is 0.481 e. The fraction of sp³-hybridized carbons (Fsp3) is 0.211. The van der Waals surface area contributed by atoms with Crippen molar-refractivity contribution in [2.24, 2.45) is 0 Å². The molecule has 0 aliphatic carbocycles. The number of pyridine rings is 1. The maximum absolute atomic E-state index is 11.6. The van der Waals surface area contributed by atoms with Gasteiger partial charge in [-0.05, 0) is 30.3 Å². The number of anilines is 1. The Morgan fingerprint density at radius 3 is 2.33 bits per heavy atom. The number of benzene rings is 1. The average Bonchev–Trinajstić information content (AvgIpc) is 2.74. The molecule has 3 rings (SSSR count). The fourth-order valence-corrected chi connectivity index (χ4v) is 3.31. The number of ether oxygens (including phenoxy) is 2. The van der Waals surface area contributed by atoms with Crippen molar-refractivity contribution in [1.82, 2.24) is 19.7 Å². The number of halogens is 1. The van der Waals surface area contributed by atoms with Crippen LogP contribution in [0.1, 0.15) is 11.1 Å². The SMILES string of the molecule is CNS(=O)(=O)Cc1ccc(Oc2cc(CNc3ncc(Cl)cn3)cc(OC)n2)cc1. The highest BCUT2D eigenvalue weighted by Crippen LogP contribution is 2.25. The first-order chi connectivity index (χ1) is 14.4. The van der Waals surface area contributed by atoms with Crippen molar-refractivity contribution in [2.75, 3.05) is 19.5 Å². The molecule has 0 spiro atoms. The molecule has 0 aliphatic heterocycles. The Hall–Kier alpha value is -2.95. The van der Waals surface area contributed by atoms with Crippen LogP contribution in [0.2, 0.25) is 5.02 Å². The highest BCUT2D eigenvalue weighted by Gasteiger charge is 2.10. The summed E-state index contributed by atoms with van der Waals surface area (Å²) >= 11 is 5.79. The highest BCUT2D eigenvalue weighted by molar-refractivity contribution is 7.88. The molecular weight excluding hydrogens is 430 g/mol. The lowest BCUT2D eigenvalue weighted by Gasteiger charge is -2.11. The first-order valence-electron chi connectivity index (χ1n) is 8.81. The van der Waals surface area contributed by atoms with Crippen LogP contribution in [0.25, 0.3) is 0 Å². The molecule has 2 heterocycles. The lowest BCUT2D eigenvalue weighted by molar-refractivity contribution is 0.382. The zero-order valence-corrected chi connectivity index (χ0v) is 17.9. The Labute approximate surface area is 179 Å². The topological polar surface area (TPSA) is 115 Å². The van der Waals surface area contributed by atoms with E-state index in [0.29, 0.717) is 40.6 Å². The molecule has 2 N–H and O–H groups in total. The summed E-state index contributed by atoms with van der Waals surface area (Å²) in [6.07, 6.45) is 3.01. The molecule has 0 atom stereocenters. The van der Waals surface area contributed by atoms with Crippen LogP contribution in [0.5, 0.6) is 17.5 Å². The molecule has 11 heteroatoms. The number of sulfonamides is 1. The molecule has 30 heavy (non-hydrogen) atoms. The van der Waals surface area contributed by atoms with Gasteiger partial charge in [-0.3, -0.25) is 0 Å². The molecule has 0 saturated carbocycles. The van der Waals surface area contributed by atoms with Crippen LogP contribution in [0.15, 0.2) is 48.8 Å². The van der Waals surface area contributed by atoms with E-state index in [1.165, 1.54) is 26.6 Å². The lowest BCUT2D eigenvalue weighted by atomic mass is 10.2. The number of methoxy groups -OCH3 is 1. The number of rotatable bonds is 9. The van der Waals surface area contributed by atoms with Gasteiger partial charge in [0.25, 0.3) is 0 Å². The van der Waals surface area contributed by atoms with Crippen LogP contribution in [-0.2, 0) is 22.3 Å².